The number of hydrogen-bond donors (Lipinski definition) is 2. The molecule has 22 heavy (non-hydrogen) atoms. The van der Waals surface area contributed by atoms with Crippen molar-refractivity contribution >= 4 is 28.7 Å². The SMILES string of the molecule is Cc1nc(CCNC(=O)Nc2ccncc2[N+](=O)[O-])sc1C. The van der Waals surface area contributed by atoms with Crippen molar-refractivity contribution in [1.82, 2.24) is 15.3 Å². The molecule has 8 nitrogen and oxygen atoms in total. The molecule has 0 saturated carbocycles. The summed E-state index contributed by atoms with van der Waals surface area (Å²) in [6.07, 6.45) is 3.09. The first-order chi connectivity index (χ1) is 10.5. The number of hydrogen-bond acceptors (Lipinski definition) is 6. The topological polar surface area (TPSA) is 110 Å². The summed E-state index contributed by atoms with van der Waals surface area (Å²) >= 11 is 1.60. The van der Waals surface area contributed by atoms with Gasteiger partial charge >= 0.3 is 11.7 Å². The molecule has 0 aromatic carbocycles. The van der Waals surface area contributed by atoms with Gasteiger partial charge in [0.25, 0.3) is 0 Å². The van der Waals surface area contributed by atoms with E-state index < -0.39 is 11.0 Å². The third-order valence-corrected chi connectivity index (χ3v) is 4.07. The molecule has 0 fully saturated rings. The highest BCUT2D eigenvalue weighted by atomic mass is 32.1. The minimum Gasteiger partial charge on any atom is -0.337 e. The number of aromatic nitrogens is 2. The fourth-order valence-electron chi connectivity index (χ4n) is 1.73. The lowest BCUT2D eigenvalue weighted by Gasteiger charge is -2.06. The Hall–Kier alpha value is -2.55. The molecule has 2 N–H and O–H groups in total. The first kappa shape index (κ1) is 15.8. The zero-order chi connectivity index (χ0) is 16.1. The Bertz CT molecular complexity index is 681. The maximum absolute atomic E-state index is 11.8. The van der Waals surface area contributed by atoms with E-state index in [2.05, 4.69) is 20.6 Å². The number of aryl methyl sites for hydroxylation is 2. The van der Waals surface area contributed by atoms with Crippen molar-refractivity contribution in [3.63, 3.8) is 0 Å². The van der Waals surface area contributed by atoms with Gasteiger partial charge in [-0.15, -0.1) is 11.3 Å². The van der Waals surface area contributed by atoms with Crippen LogP contribution in [0.4, 0.5) is 16.2 Å². The molecule has 0 aliphatic rings. The second-order valence-corrected chi connectivity index (χ2v) is 5.82. The Balaban J connectivity index is 1.87. The monoisotopic (exact) mass is 321 g/mol. The summed E-state index contributed by atoms with van der Waals surface area (Å²) < 4.78 is 0. The number of urea groups is 1. The summed E-state index contributed by atoms with van der Waals surface area (Å²) in [4.78, 5) is 31.2. The van der Waals surface area contributed by atoms with Crippen molar-refractivity contribution in [3.05, 3.63) is 44.2 Å². The lowest BCUT2D eigenvalue weighted by molar-refractivity contribution is -0.384. The molecule has 2 heterocycles. The van der Waals surface area contributed by atoms with Gasteiger partial charge in [0.15, 0.2) is 0 Å². The zero-order valence-electron chi connectivity index (χ0n) is 12.1. The van der Waals surface area contributed by atoms with Crippen LogP contribution in [0.5, 0.6) is 0 Å². The van der Waals surface area contributed by atoms with E-state index in [0.29, 0.717) is 13.0 Å². The minimum atomic E-state index is -0.594. The maximum atomic E-state index is 11.8. The van der Waals surface area contributed by atoms with Gasteiger partial charge in [-0.1, -0.05) is 0 Å². The predicted octanol–water partition coefficient (Wildman–Crippen LogP) is 2.43. The lowest BCUT2D eigenvalue weighted by Crippen LogP contribution is -2.30. The smallest absolute Gasteiger partial charge is 0.319 e. The molecule has 2 aromatic heterocycles. The van der Waals surface area contributed by atoms with E-state index in [1.807, 2.05) is 13.8 Å². The maximum Gasteiger partial charge on any atom is 0.319 e. The minimum absolute atomic E-state index is 0.110. The number of rotatable bonds is 5. The second-order valence-electron chi connectivity index (χ2n) is 4.53. The molecule has 2 rings (SSSR count). The normalized spacial score (nSPS) is 10.3. The number of nitrogens with zero attached hydrogens (tertiary/aromatic N) is 3. The van der Waals surface area contributed by atoms with Gasteiger partial charge in [0.2, 0.25) is 0 Å². The average molecular weight is 321 g/mol. The van der Waals surface area contributed by atoms with Crippen LogP contribution in [0.25, 0.3) is 0 Å². The Morgan fingerprint density at radius 1 is 1.45 bits per heavy atom. The van der Waals surface area contributed by atoms with Crippen molar-refractivity contribution in [3.8, 4) is 0 Å². The molecule has 0 aliphatic carbocycles. The Labute approximate surface area is 130 Å². The number of nitro groups is 1. The van der Waals surface area contributed by atoms with Gasteiger partial charge in [0.1, 0.15) is 11.9 Å². The van der Waals surface area contributed by atoms with Gasteiger partial charge in [-0.25, -0.2) is 9.78 Å². The van der Waals surface area contributed by atoms with E-state index in [0.717, 1.165) is 21.8 Å². The van der Waals surface area contributed by atoms with Gasteiger partial charge in [-0.2, -0.15) is 0 Å². The molecular weight excluding hydrogens is 306 g/mol. The van der Waals surface area contributed by atoms with E-state index in [9.17, 15) is 14.9 Å². The quantitative estimate of drug-likeness (QED) is 0.649. The van der Waals surface area contributed by atoms with E-state index in [-0.39, 0.29) is 11.4 Å². The summed E-state index contributed by atoms with van der Waals surface area (Å²) in [5.41, 5.74) is 0.860. The van der Waals surface area contributed by atoms with Crippen molar-refractivity contribution in [1.29, 1.82) is 0 Å². The summed E-state index contributed by atoms with van der Waals surface area (Å²) in [7, 11) is 0. The summed E-state index contributed by atoms with van der Waals surface area (Å²) in [5.74, 6) is 0. The number of carbonyl (C=O) groups excluding carboxylic acids is 1. The van der Waals surface area contributed by atoms with Crippen LogP contribution in [0.3, 0.4) is 0 Å². The molecule has 0 bridgehead atoms. The third-order valence-electron chi connectivity index (χ3n) is 2.94. The van der Waals surface area contributed by atoms with Gasteiger partial charge < -0.3 is 10.6 Å². The third kappa shape index (κ3) is 3.98. The number of carbonyl (C=O) groups is 1. The number of pyridine rings is 1. The van der Waals surface area contributed by atoms with Crippen LogP contribution in [0.2, 0.25) is 0 Å². The zero-order valence-corrected chi connectivity index (χ0v) is 12.9. The van der Waals surface area contributed by atoms with Crippen molar-refractivity contribution in [2.75, 3.05) is 11.9 Å². The summed E-state index contributed by atoms with van der Waals surface area (Å²) in [6.45, 7) is 4.34. The van der Waals surface area contributed by atoms with Crippen LogP contribution >= 0.6 is 11.3 Å². The van der Waals surface area contributed by atoms with E-state index in [4.69, 9.17) is 0 Å². The van der Waals surface area contributed by atoms with E-state index >= 15 is 0 Å². The molecule has 2 amide bonds. The lowest BCUT2D eigenvalue weighted by atomic mass is 10.3. The van der Waals surface area contributed by atoms with Crippen molar-refractivity contribution < 1.29 is 9.72 Å². The van der Waals surface area contributed by atoms with Crippen LogP contribution in [0, 0.1) is 24.0 Å². The number of nitrogens with one attached hydrogen (secondary N) is 2. The van der Waals surface area contributed by atoms with Crippen LogP contribution in [-0.2, 0) is 6.42 Å². The van der Waals surface area contributed by atoms with Gasteiger partial charge in [-0.3, -0.25) is 15.1 Å². The Morgan fingerprint density at radius 2 is 2.23 bits per heavy atom. The number of anilines is 1. The van der Waals surface area contributed by atoms with Gasteiger partial charge in [0.05, 0.1) is 15.6 Å². The standard InChI is InChI=1S/C13H15N5O3S/c1-8-9(2)22-12(16-8)4-6-15-13(19)17-10-3-5-14-7-11(10)18(20)21/h3,5,7H,4,6H2,1-2H3,(H2,14,15,17,19). The molecule has 116 valence electrons. The van der Waals surface area contributed by atoms with E-state index in [1.165, 1.54) is 12.3 Å². The largest absolute Gasteiger partial charge is 0.337 e. The molecule has 2 aromatic rings. The van der Waals surface area contributed by atoms with Crippen LogP contribution in [-0.4, -0.2) is 27.5 Å². The van der Waals surface area contributed by atoms with Gasteiger partial charge in [0, 0.05) is 24.0 Å². The van der Waals surface area contributed by atoms with E-state index in [1.54, 1.807) is 11.3 Å². The second kappa shape index (κ2) is 6.94. The summed E-state index contributed by atoms with van der Waals surface area (Å²) in [5, 5.41) is 16.9. The highest BCUT2D eigenvalue weighted by Crippen LogP contribution is 2.21. The Kier molecular flexibility index (Phi) is 4.99. The summed E-state index contributed by atoms with van der Waals surface area (Å²) in [6, 6.07) is 0.880. The van der Waals surface area contributed by atoms with Crippen LogP contribution in [0.1, 0.15) is 15.6 Å². The fraction of sp³-hybridized carbons (Fsp3) is 0.308. The van der Waals surface area contributed by atoms with Gasteiger partial charge in [-0.05, 0) is 19.9 Å². The molecule has 9 heteroatoms. The first-order valence-corrected chi connectivity index (χ1v) is 7.35. The fourth-order valence-corrected chi connectivity index (χ4v) is 2.67. The molecule has 0 atom stereocenters. The van der Waals surface area contributed by atoms with Crippen LogP contribution < -0.4 is 10.6 Å². The van der Waals surface area contributed by atoms with Crippen molar-refractivity contribution in [2.45, 2.75) is 20.3 Å². The highest BCUT2D eigenvalue weighted by molar-refractivity contribution is 7.11. The first-order valence-electron chi connectivity index (χ1n) is 6.53. The molecule has 0 saturated heterocycles. The number of thiazole rings is 1. The molecule has 0 aliphatic heterocycles. The Morgan fingerprint density at radius 3 is 2.86 bits per heavy atom. The average Bonchev–Trinajstić information content (AvgIpc) is 2.78. The number of amides is 2. The van der Waals surface area contributed by atoms with Crippen molar-refractivity contribution in [2.24, 2.45) is 0 Å². The predicted molar refractivity (Wildman–Crippen MR) is 83.2 cm³/mol. The molecule has 0 unspecified atom stereocenters. The molecule has 0 radical (unpaired) electrons. The molecular formula is C13H15N5O3S. The highest BCUT2D eigenvalue weighted by Gasteiger charge is 2.15. The van der Waals surface area contributed by atoms with Crippen LogP contribution in [0.15, 0.2) is 18.5 Å². The molecule has 0 spiro atoms.